The number of amides is 1. The summed E-state index contributed by atoms with van der Waals surface area (Å²) in [5, 5.41) is 13.9. The highest BCUT2D eigenvalue weighted by Crippen LogP contribution is 2.20. The average Bonchev–Trinajstić information content (AvgIpc) is 3.20. The second kappa shape index (κ2) is 8.46. The first-order valence-electron chi connectivity index (χ1n) is 8.60. The molecule has 0 spiro atoms. The summed E-state index contributed by atoms with van der Waals surface area (Å²) < 4.78 is 18.5. The molecule has 2 N–H and O–H groups in total. The van der Waals surface area contributed by atoms with Crippen LogP contribution in [-0.2, 0) is 0 Å². The molecule has 7 nitrogen and oxygen atoms in total. The minimum absolute atomic E-state index is 0.111. The van der Waals surface area contributed by atoms with E-state index in [9.17, 15) is 9.18 Å². The van der Waals surface area contributed by atoms with Crippen LogP contribution in [0.2, 0.25) is 0 Å². The van der Waals surface area contributed by atoms with Crippen LogP contribution in [0, 0.1) is 5.82 Å². The fourth-order valence-corrected chi connectivity index (χ4v) is 2.87. The highest BCUT2D eigenvalue weighted by molar-refractivity contribution is 5.94. The molecule has 138 valence electrons. The van der Waals surface area contributed by atoms with Gasteiger partial charge >= 0.3 is 0 Å². The smallest absolute Gasteiger partial charge is 0.251 e. The molecule has 1 aromatic heterocycles. The number of halogens is 1. The van der Waals surface area contributed by atoms with Gasteiger partial charge in [-0.15, -0.1) is 5.10 Å². The van der Waals surface area contributed by atoms with Gasteiger partial charge in [0.25, 0.3) is 5.91 Å². The number of carbonyl (C=O) groups is 1. The third-order valence-corrected chi connectivity index (χ3v) is 4.24. The number of hydrogen-bond donors (Lipinski definition) is 2. The summed E-state index contributed by atoms with van der Waals surface area (Å²) in [4.78, 5) is 14.3. The molecule has 26 heavy (non-hydrogen) atoms. The van der Waals surface area contributed by atoms with Gasteiger partial charge in [0.2, 0.25) is 0 Å². The van der Waals surface area contributed by atoms with Gasteiger partial charge in [-0.1, -0.05) is 0 Å². The summed E-state index contributed by atoms with van der Waals surface area (Å²) in [5.41, 5.74) is 1.30. The zero-order chi connectivity index (χ0) is 18.4. The Balaban J connectivity index is 1.47. The predicted molar refractivity (Wildman–Crippen MR) is 97.3 cm³/mol. The van der Waals surface area contributed by atoms with E-state index in [-0.39, 0.29) is 17.2 Å². The van der Waals surface area contributed by atoms with Crippen LogP contribution in [-0.4, -0.2) is 49.4 Å². The van der Waals surface area contributed by atoms with E-state index in [1.165, 1.54) is 32.1 Å². The van der Waals surface area contributed by atoms with Crippen molar-refractivity contribution in [2.75, 3.05) is 43.5 Å². The van der Waals surface area contributed by atoms with Crippen molar-refractivity contribution in [3.05, 3.63) is 41.8 Å². The van der Waals surface area contributed by atoms with E-state index in [2.05, 4.69) is 25.7 Å². The molecule has 1 fully saturated rings. The molecule has 0 atom stereocenters. The molecule has 0 aliphatic carbocycles. The molecule has 1 aliphatic heterocycles. The molecule has 0 unspecified atom stereocenters. The Kier molecular flexibility index (Phi) is 5.83. The number of methoxy groups -OCH3 is 1. The van der Waals surface area contributed by atoms with Crippen molar-refractivity contribution in [2.45, 2.75) is 12.8 Å². The van der Waals surface area contributed by atoms with E-state index in [0.717, 1.165) is 24.8 Å². The maximum Gasteiger partial charge on any atom is 0.251 e. The molecule has 8 heteroatoms. The first-order chi connectivity index (χ1) is 12.7. The number of carbonyl (C=O) groups excluding carboxylic acids is 1. The standard InChI is InChI=1S/C18H22FN5O2/c1-26-16-5-4-13(10-15(16)19)18(25)21-7-6-20-17-11-14(12-22-23-17)24-8-2-3-9-24/h4-5,10-12H,2-3,6-9H2,1H3,(H,20,23)(H,21,25). The molecule has 1 aromatic carbocycles. The lowest BCUT2D eigenvalue weighted by atomic mass is 10.2. The topological polar surface area (TPSA) is 79.4 Å². The van der Waals surface area contributed by atoms with Gasteiger partial charge in [0.1, 0.15) is 0 Å². The fourth-order valence-electron chi connectivity index (χ4n) is 2.87. The summed E-state index contributed by atoms with van der Waals surface area (Å²) in [6.45, 7) is 2.95. The number of rotatable bonds is 7. The van der Waals surface area contributed by atoms with Crippen molar-refractivity contribution < 1.29 is 13.9 Å². The molecule has 3 rings (SSSR count). The Morgan fingerprint density at radius 3 is 2.81 bits per heavy atom. The Morgan fingerprint density at radius 1 is 1.27 bits per heavy atom. The van der Waals surface area contributed by atoms with Gasteiger partial charge in [-0.05, 0) is 31.0 Å². The summed E-state index contributed by atoms with van der Waals surface area (Å²) in [7, 11) is 1.38. The van der Waals surface area contributed by atoms with Gasteiger partial charge in [0.15, 0.2) is 17.4 Å². The van der Waals surface area contributed by atoms with Crippen molar-refractivity contribution >= 4 is 17.4 Å². The van der Waals surface area contributed by atoms with Crippen LogP contribution >= 0.6 is 0 Å². The van der Waals surface area contributed by atoms with Crippen LogP contribution in [0.15, 0.2) is 30.5 Å². The Morgan fingerprint density at radius 2 is 2.08 bits per heavy atom. The average molecular weight is 359 g/mol. The Labute approximate surface area is 151 Å². The Hall–Kier alpha value is -2.90. The summed E-state index contributed by atoms with van der Waals surface area (Å²) in [5.74, 6) is -0.128. The lowest BCUT2D eigenvalue weighted by molar-refractivity contribution is 0.0954. The van der Waals surface area contributed by atoms with E-state index in [1.807, 2.05) is 6.07 Å². The van der Waals surface area contributed by atoms with E-state index in [0.29, 0.717) is 18.9 Å². The molecule has 1 aliphatic rings. The lowest BCUT2D eigenvalue weighted by Gasteiger charge is -2.17. The lowest BCUT2D eigenvalue weighted by Crippen LogP contribution is -2.29. The van der Waals surface area contributed by atoms with Crippen LogP contribution in [0.1, 0.15) is 23.2 Å². The number of anilines is 2. The largest absolute Gasteiger partial charge is 0.494 e. The number of nitrogens with zero attached hydrogens (tertiary/aromatic N) is 3. The number of ether oxygens (including phenoxy) is 1. The number of hydrogen-bond acceptors (Lipinski definition) is 6. The van der Waals surface area contributed by atoms with Gasteiger partial charge < -0.3 is 20.3 Å². The predicted octanol–water partition coefficient (Wildman–Crippen LogP) is 2.07. The van der Waals surface area contributed by atoms with Gasteiger partial charge in [-0.2, -0.15) is 5.10 Å². The quantitative estimate of drug-likeness (QED) is 0.737. The molecule has 2 aromatic rings. The Bertz CT molecular complexity index is 765. The molecular formula is C18H22FN5O2. The minimum atomic E-state index is -0.563. The fraction of sp³-hybridized carbons (Fsp3) is 0.389. The van der Waals surface area contributed by atoms with Crippen molar-refractivity contribution in [3.63, 3.8) is 0 Å². The van der Waals surface area contributed by atoms with Crippen LogP contribution in [0.3, 0.4) is 0 Å². The zero-order valence-electron chi connectivity index (χ0n) is 14.7. The number of aromatic nitrogens is 2. The van der Waals surface area contributed by atoms with Gasteiger partial charge in [-0.3, -0.25) is 4.79 Å². The second-order valence-corrected chi connectivity index (χ2v) is 6.03. The van der Waals surface area contributed by atoms with E-state index < -0.39 is 5.82 Å². The van der Waals surface area contributed by atoms with Gasteiger partial charge in [0, 0.05) is 37.8 Å². The molecule has 2 heterocycles. The van der Waals surface area contributed by atoms with Crippen molar-refractivity contribution in [1.82, 2.24) is 15.5 Å². The van der Waals surface area contributed by atoms with Crippen molar-refractivity contribution in [2.24, 2.45) is 0 Å². The molecule has 0 radical (unpaired) electrons. The summed E-state index contributed by atoms with van der Waals surface area (Å²) in [6, 6.07) is 6.07. The van der Waals surface area contributed by atoms with Crippen LogP contribution < -0.4 is 20.3 Å². The molecule has 0 bridgehead atoms. The van der Waals surface area contributed by atoms with E-state index in [4.69, 9.17) is 4.74 Å². The highest BCUT2D eigenvalue weighted by atomic mass is 19.1. The van der Waals surface area contributed by atoms with Crippen LogP contribution in [0.25, 0.3) is 0 Å². The maximum absolute atomic E-state index is 13.6. The summed E-state index contributed by atoms with van der Waals surface area (Å²) in [6.07, 6.45) is 4.16. The van der Waals surface area contributed by atoms with E-state index >= 15 is 0 Å². The van der Waals surface area contributed by atoms with Crippen LogP contribution in [0.5, 0.6) is 5.75 Å². The van der Waals surface area contributed by atoms with Gasteiger partial charge in [0.05, 0.1) is 19.0 Å². The van der Waals surface area contributed by atoms with Crippen LogP contribution in [0.4, 0.5) is 15.9 Å². The number of nitrogens with one attached hydrogen (secondary N) is 2. The monoisotopic (exact) mass is 359 g/mol. The SMILES string of the molecule is COc1ccc(C(=O)NCCNc2cc(N3CCCC3)cnn2)cc1F. The maximum atomic E-state index is 13.6. The minimum Gasteiger partial charge on any atom is -0.494 e. The highest BCUT2D eigenvalue weighted by Gasteiger charge is 2.13. The normalized spacial score (nSPS) is 13.5. The third kappa shape index (κ3) is 4.38. The first kappa shape index (κ1) is 17.9. The van der Waals surface area contributed by atoms with Crippen molar-refractivity contribution in [3.8, 4) is 5.75 Å². The van der Waals surface area contributed by atoms with Gasteiger partial charge in [-0.25, -0.2) is 4.39 Å². The zero-order valence-corrected chi connectivity index (χ0v) is 14.7. The number of benzene rings is 1. The second-order valence-electron chi connectivity index (χ2n) is 6.03. The van der Waals surface area contributed by atoms with E-state index in [1.54, 1.807) is 6.20 Å². The molecule has 0 saturated carbocycles. The molecule has 1 saturated heterocycles. The van der Waals surface area contributed by atoms with Crippen molar-refractivity contribution in [1.29, 1.82) is 0 Å². The third-order valence-electron chi connectivity index (χ3n) is 4.24. The molecular weight excluding hydrogens is 337 g/mol. The molecule has 1 amide bonds. The summed E-state index contributed by atoms with van der Waals surface area (Å²) >= 11 is 0. The first-order valence-corrected chi connectivity index (χ1v) is 8.60.